The van der Waals surface area contributed by atoms with E-state index in [1.807, 2.05) is 30.3 Å². The predicted octanol–water partition coefficient (Wildman–Crippen LogP) is 1.55. The third-order valence-electron chi connectivity index (χ3n) is 3.65. The van der Waals surface area contributed by atoms with Crippen LogP contribution in [0.4, 0.5) is 0 Å². The predicted molar refractivity (Wildman–Crippen MR) is 90.0 cm³/mol. The summed E-state index contributed by atoms with van der Waals surface area (Å²) in [6.45, 7) is 1.50. The molecule has 0 saturated carbocycles. The van der Waals surface area contributed by atoms with E-state index in [-0.39, 0.29) is 18.7 Å². The molecule has 132 valence electrons. The number of carboxylic acids is 1. The molecule has 0 bridgehead atoms. The van der Waals surface area contributed by atoms with Gasteiger partial charge in [-0.15, -0.1) is 0 Å². The first-order valence-corrected chi connectivity index (χ1v) is 7.90. The largest absolute Gasteiger partial charge is 0.480 e. The SMILES string of the molecule is CCN(CC(=O)O)C(=O)C(Cc1ccccc1)NC(=O)c1ccco1. The second kappa shape index (κ2) is 8.68. The number of benzene rings is 1. The van der Waals surface area contributed by atoms with Crippen LogP contribution in [-0.2, 0) is 16.0 Å². The van der Waals surface area contributed by atoms with Gasteiger partial charge in [-0.2, -0.15) is 0 Å². The summed E-state index contributed by atoms with van der Waals surface area (Å²) < 4.78 is 5.05. The molecule has 2 aromatic rings. The molecule has 25 heavy (non-hydrogen) atoms. The van der Waals surface area contributed by atoms with Gasteiger partial charge in [0.25, 0.3) is 5.91 Å². The summed E-state index contributed by atoms with van der Waals surface area (Å²) in [6, 6.07) is 11.4. The van der Waals surface area contributed by atoms with Crippen molar-refractivity contribution in [2.75, 3.05) is 13.1 Å². The molecule has 1 heterocycles. The lowest BCUT2D eigenvalue weighted by Gasteiger charge is -2.25. The number of furan rings is 1. The molecule has 0 radical (unpaired) electrons. The Labute approximate surface area is 145 Å². The van der Waals surface area contributed by atoms with Crippen molar-refractivity contribution >= 4 is 17.8 Å². The lowest BCUT2D eigenvalue weighted by Crippen LogP contribution is -2.50. The van der Waals surface area contributed by atoms with Crippen molar-refractivity contribution in [2.24, 2.45) is 0 Å². The van der Waals surface area contributed by atoms with Crippen LogP contribution < -0.4 is 5.32 Å². The van der Waals surface area contributed by atoms with E-state index in [4.69, 9.17) is 9.52 Å². The quantitative estimate of drug-likeness (QED) is 0.757. The van der Waals surface area contributed by atoms with Crippen molar-refractivity contribution < 1.29 is 23.9 Å². The van der Waals surface area contributed by atoms with Crippen molar-refractivity contribution in [2.45, 2.75) is 19.4 Å². The smallest absolute Gasteiger partial charge is 0.323 e. The zero-order chi connectivity index (χ0) is 18.2. The van der Waals surface area contributed by atoms with Crippen LogP contribution >= 0.6 is 0 Å². The van der Waals surface area contributed by atoms with Gasteiger partial charge in [-0.3, -0.25) is 14.4 Å². The highest BCUT2D eigenvalue weighted by Gasteiger charge is 2.27. The molecule has 7 heteroatoms. The molecule has 1 unspecified atom stereocenters. The summed E-state index contributed by atoms with van der Waals surface area (Å²) >= 11 is 0. The van der Waals surface area contributed by atoms with E-state index >= 15 is 0 Å². The van der Waals surface area contributed by atoms with Crippen LogP contribution in [0.15, 0.2) is 53.1 Å². The van der Waals surface area contributed by atoms with Gasteiger partial charge in [0.2, 0.25) is 5.91 Å². The first-order valence-electron chi connectivity index (χ1n) is 7.90. The topological polar surface area (TPSA) is 99.9 Å². The number of rotatable bonds is 8. The summed E-state index contributed by atoms with van der Waals surface area (Å²) in [6.07, 6.45) is 1.62. The monoisotopic (exact) mass is 344 g/mol. The van der Waals surface area contributed by atoms with Gasteiger partial charge in [-0.25, -0.2) is 0 Å². The second-order valence-corrected chi connectivity index (χ2v) is 5.44. The van der Waals surface area contributed by atoms with Crippen LogP contribution in [0.25, 0.3) is 0 Å². The minimum Gasteiger partial charge on any atom is -0.480 e. The molecule has 0 saturated heterocycles. The maximum atomic E-state index is 12.7. The zero-order valence-corrected chi connectivity index (χ0v) is 13.8. The maximum Gasteiger partial charge on any atom is 0.323 e. The highest BCUT2D eigenvalue weighted by Crippen LogP contribution is 2.08. The third kappa shape index (κ3) is 5.20. The molecule has 2 amide bonds. The molecule has 1 aromatic heterocycles. The number of likely N-dealkylation sites (N-methyl/N-ethyl adjacent to an activating group) is 1. The molecule has 0 aliphatic heterocycles. The Morgan fingerprint density at radius 1 is 1.16 bits per heavy atom. The van der Waals surface area contributed by atoms with Crippen molar-refractivity contribution in [3.63, 3.8) is 0 Å². The second-order valence-electron chi connectivity index (χ2n) is 5.44. The summed E-state index contributed by atoms with van der Waals surface area (Å²) in [7, 11) is 0. The Morgan fingerprint density at radius 3 is 2.44 bits per heavy atom. The maximum absolute atomic E-state index is 12.7. The van der Waals surface area contributed by atoms with Gasteiger partial charge in [0.1, 0.15) is 12.6 Å². The lowest BCUT2D eigenvalue weighted by molar-refractivity contribution is -0.145. The molecule has 2 N–H and O–H groups in total. The molecule has 0 fully saturated rings. The number of carboxylic acid groups (broad SMARTS) is 1. The Bertz CT molecular complexity index is 712. The van der Waals surface area contributed by atoms with E-state index in [9.17, 15) is 14.4 Å². The van der Waals surface area contributed by atoms with E-state index in [1.54, 1.807) is 13.0 Å². The van der Waals surface area contributed by atoms with Crippen LogP contribution in [0.1, 0.15) is 23.0 Å². The van der Waals surface area contributed by atoms with Crippen molar-refractivity contribution in [3.8, 4) is 0 Å². The molecule has 0 spiro atoms. The van der Waals surface area contributed by atoms with Crippen LogP contribution in [0.5, 0.6) is 0 Å². The van der Waals surface area contributed by atoms with Gasteiger partial charge in [0, 0.05) is 13.0 Å². The van der Waals surface area contributed by atoms with Crippen LogP contribution in [0.2, 0.25) is 0 Å². The number of carbonyl (C=O) groups is 3. The van der Waals surface area contributed by atoms with Gasteiger partial charge in [-0.05, 0) is 24.6 Å². The van der Waals surface area contributed by atoms with Gasteiger partial charge in [0.05, 0.1) is 6.26 Å². The summed E-state index contributed by atoms with van der Waals surface area (Å²) in [5, 5.41) is 11.6. The number of aliphatic carboxylic acids is 1. The van der Waals surface area contributed by atoms with Gasteiger partial charge >= 0.3 is 5.97 Å². The first kappa shape index (κ1) is 18.3. The summed E-state index contributed by atoms with van der Waals surface area (Å²) in [4.78, 5) is 37.1. The standard InChI is InChI=1S/C18H20N2O5/c1-2-20(12-16(21)22)18(24)14(11-13-7-4-3-5-8-13)19-17(23)15-9-6-10-25-15/h3-10,14H,2,11-12H2,1H3,(H,19,23)(H,21,22). The molecule has 0 aliphatic carbocycles. The average molecular weight is 344 g/mol. The highest BCUT2D eigenvalue weighted by atomic mass is 16.4. The minimum atomic E-state index is -1.11. The Morgan fingerprint density at radius 2 is 1.88 bits per heavy atom. The van der Waals surface area contributed by atoms with Crippen molar-refractivity contribution in [1.82, 2.24) is 10.2 Å². The van der Waals surface area contributed by atoms with Crippen LogP contribution in [-0.4, -0.2) is 46.9 Å². The normalized spacial score (nSPS) is 11.6. The number of nitrogens with zero attached hydrogens (tertiary/aromatic N) is 1. The number of carbonyl (C=O) groups excluding carboxylic acids is 2. The summed E-state index contributed by atoms with van der Waals surface area (Å²) in [5.74, 6) is -1.99. The highest BCUT2D eigenvalue weighted by molar-refractivity contribution is 5.96. The fourth-order valence-electron chi connectivity index (χ4n) is 2.42. The minimum absolute atomic E-state index is 0.0899. The van der Waals surface area contributed by atoms with Crippen LogP contribution in [0.3, 0.4) is 0 Å². The number of hydrogen-bond acceptors (Lipinski definition) is 4. The Kier molecular flexibility index (Phi) is 6.33. The fraction of sp³-hybridized carbons (Fsp3) is 0.278. The molecule has 1 atom stereocenters. The zero-order valence-electron chi connectivity index (χ0n) is 13.8. The van der Waals surface area contributed by atoms with E-state index in [2.05, 4.69) is 5.32 Å². The molecule has 0 aliphatic rings. The van der Waals surface area contributed by atoms with E-state index in [0.717, 1.165) is 5.56 Å². The first-order chi connectivity index (χ1) is 12.0. The fourth-order valence-corrected chi connectivity index (χ4v) is 2.42. The van der Waals surface area contributed by atoms with E-state index in [0.29, 0.717) is 0 Å². The molecular weight excluding hydrogens is 324 g/mol. The van der Waals surface area contributed by atoms with Crippen molar-refractivity contribution in [1.29, 1.82) is 0 Å². The van der Waals surface area contributed by atoms with Gasteiger partial charge in [0.15, 0.2) is 5.76 Å². The third-order valence-corrected chi connectivity index (χ3v) is 3.65. The molecule has 1 aromatic carbocycles. The number of hydrogen-bond donors (Lipinski definition) is 2. The van der Waals surface area contributed by atoms with E-state index in [1.165, 1.54) is 17.2 Å². The molecule has 7 nitrogen and oxygen atoms in total. The van der Waals surface area contributed by atoms with Crippen LogP contribution in [0, 0.1) is 0 Å². The Balaban J connectivity index is 2.19. The summed E-state index contributed by atoms with van der Waals surface area (Å²) in [5.41, 5.74) is 0.854. The average Bonchev–Trinajstić information content (AvgIpc) is 3.14. The van der Waals surface area contributed by atoms with Crippen molar-refractivity contribution in [3.05, 3.63) is 60.1 Å². The molecule has 2 rings (SSSR count). The number of amides is 2. The van der Waals surface area contributed by atoms with Gasteiger partial charge < -0.3 is 19.7 Å². The number of nitrogens with one attached hydrogen (secondary N) is 1. The Hall–Kier alpha value is -3.09. The van der Waals surface area contributed by atoms with Gasteiger partial charge in [-0.1, -0.05) is 30.3 Å². The molecular formula is C18H20N2O5. The lowest BCUT2D eigenvalue weighted by atomic mass is 10.0. The van der Waals surface area contributed by atoms with E-state index < -0.39 is 30.4 Å².